The number of carbonyl (C=O) groups excluding carboxylic acids is 1. The van der Waals surface area contributed by atoms with E-state index in [1.54, 1.807) is 12.4 Å². The molecule has 8 nitrogen and oxygen atoms in total. The smallest absolute Gasteiger partial charge is 0.251 e. The first kappa shape index (κ1) is 20.7. The molecule has 166 valence electrons. The Bertz CT molecular complexity index is 1370. The Morgan fingerprint density at radius 2 is 1.97 bits per heavy atom. The van der Waals surface area contributed by atoms with Crippen molar-refractivity contribution in [3.8, 4) is 11.3 Å². The van der Waals surface area contributed by atoms with Crippen molar-refractivity contribution in [2.75, 3.05) is 5.32 Å². The Labute approximate surface area is 191 Å². The van der Waals surface area contributed by atoms with Crippen molar-refractivity contribution in [1.29, 1.82) is 0 Å². The van der Waals surface area contributed by atoms with E-state index in [1.807, 2.05) is 60.8 Å². The van der Waals surface area contributed by atoms with Crippen LogP contribution >= 0.6 is 0 Å². The van der Waals surface area contributed by atoms with Gasteiger partial charge in [-0.1, -0.05) is 23.4 Å². The van der Waals surface area contributed by atoms with E-state index in [2.05, 4.69) is 26.8 Å². The van der Waals surface area contributed by atoms with Gasteiger partial charge in [-0.2, -0.15) is 0 Å². The SMILES string of the molecule is CC(C)NC(=O)c1ccc(-c2nc3cnccn3c2Nc2ccc3c(c2)CCC3=NO)cc1. The highest BCUT2D eigenvalue weighted by Crippen LogP contribution is 2.33. The number of benzene rings is 2. The van der Waals surface area contributed by atoms with Crippen molar-refractivity contribution in [3.05, 3.63) is 77.7 Å². The summed E-state index contributed by atoms with van der Waals surface area (Å²) in [5, 5.41) is 19.0. The van der Waals surface area contributed by atoms with E-state index in [4.69, 9.17) is 4.98 Å². The number of nitrogens with one attached hydrogen (secondary N) is 2. The first-order valence-electron chi connectivity index (χ1n) is 10.9. The van der Waals surface area contributed by atoms with Gasteiger partial charge in [0.25, 0.3) is 5.91 Å². The fraction of sp³-hybridized carbons (Fsp3) is 0.200. The molecule has 0 saturated carbocycles. The van der Waals surface area contributed by atoms with Gasteiger partial charge in [-0.05, 0) is 56.5 Å². The van der Waals surface area contributed by atoms with E-state index < -0.39 is 0 Å². The van der Waals surface area contributed by atoms with Crippen molar-refractivity contribution < 1.29 is 10.0 Å². The quantitative estimate of drug-likeness (QED) is 0.315. The highest BCUT2D eigenvalue weighted by atomic mass is 16.4. The molecule has 2 aromatic carbocycles. The maximum absolute atomic E-state index is 12.3. The summed E-state index contributed by atoms with van der Waals surface area (Å²) in [7, 11) is 0. The zero-order valence-corrected chi connectivity index (χ0v) is 18.4. The molecule has 0 radical (unpaired) electrons. The summed E-state index contributed by atoms with van der Waals surface area (Å²) in [4.78, 5) is 21.3. The number of rotatable bonds is 5. The monoisotopic (exact) mass is 440 g/mol. The minimum atomic E-state index is -0.0990. The van der Waals surface area contributed by atoms with Crippen molar-refractivity contribution in [2.45, 2.75) is 32.7 Å². The minimum absolute atomic E-state index is 0.0750. The molecule has 0 spiro atoms. The summed E-state index contributed by atoms with van der Waals surface area (Å²) in [6, 6.07) is 13.5. The number of carbonyl (C=O) groups is 1. The topological polar surface area (TPSA) is 104 Å². The Hall–Kier alpha value is -4.20. The van der Waals surface area contributed by atoms with Crippen molar-refractivity contribution in [2.24, 2.45) is 5.16 Å². The summed E-state index contributed by atoms with van der Waals surface area (Å²) in [5.41, 5.74) is 6.74. The average molecular weight is 441 g/mol. The zero-order chi connectivity index (χ0) is 22.9. The molecule has 0 saturated heterocycles. The van der Waals surface area contributed by atoms with Gasteiger partial charge in [-0.3, -0.25) is 14.2 Å². The van der Waals surface area contributed by atoms with Crippen LogP contribution in [0.15, 0.2) is 66.2 Å². The summed E-state index contributed by atoms with van der Waals surface area (Å²) in [6.45, 7) is 3.87. The number of aromatic nitrogens is 3. The molecule has 0 unspecified atom stereocenters. The first-order valence-corrected chi connectivity index (χ1v) is 10.9. The fourth-order valence-corrected chi connectivity index (χ4v) is 4.14. The number of fused-ring (bicyclic) bond motifs is 2. The molecule has 2 aromatic heterocycles. The molecule has 0 atom stereocenters. The van der Waals surface area contributed by atoms with Crippen LogP contribution in [0.1, 0.15) is 41.8 Å². The normalized spacial score (nSPS) is 14.1. The number of anilines is 2. The molecule has 0 bridgehead atoms. The van der Waals surface area contributed by atoms with Crippen LogP contribution in [0.25, 0.3) is 16.9 Å². The van der Waals surface area contributed by atoms with Crippen molar-refractivity contribution in [1.82, 2.24) is 19.7 Å². The lowest BCUT2D eigenvalue weighted by Crippen LogP contribution is -2.29. The molecule has 0 fully saturated rings. The van der Waals surface area contributed by atoms with Gasteiger partial charge in [-0.15, -0.1) is 0 Å². The van der Waals surface area contributed by atoms with E-state index in [0.717, 1.165) is 52.4 Å². The number of amides is 1. The molecule has 0 aliphatic heterocycles. The lowest BCUT2D eigenvalue weighted by atomic mass is 10.1. The molecule has 3 N–H and O–H groups in total. The van der Waals surface area contributed by atoms with Gasteiger partial charge < -0.3 is 15.8 Å². The van der Waals surface area contributed by atoms with Gasteiger partial charge in [0.2, 0.25) is 0 Å². The third-order valence-electron chi connectivity index (χ3n) is 5.70. The number of aryl methyl sites for hydroxylation is 1. The van der Waals surface area contributed by atoms with E-state index in [1.165, 1.54) is 0 Å². The third-order valence-corrected chi connectivity index (χ3v) is 5.70. The highest BCUT2D eigenvalue weighted by molar-refractivity contribution is 6.04. The highest BCUT2D eigenvalue weighted by Gasteiger charge is 2.20. The molecule has 1 aliphatic carbocycles. The largest absolute Gasteiger partial charge is 0.411 e. The van der Waals surface area contributed by atoms with Crippen LogP contribution in [0.5, 0.6) is 0 Å². The second kappa shape index (κ2) is 8.38. The Morgan fingerprint density at radius 3 is 2.73 bits per heavy atom. The second-order valence-corrected chi connectivity index (χ2v) is 8.36. The lowest BCUT2D eigenvalue weighted by molar-refractivity contribution is 0.0943. The van der Waals surface area contributed by atoms with Crippen LogP contribution in [-0.2, 0) is 6.42 Å². The molecule has 5 rings (SSSR count). The summed E-state index contributed by atoms with van der Waals surface area (Å²) >= 11 is 0. The summed E-state index contributed by atoms with van der Waals surface area (Å²) in [5.74, 6) is 0.707. The molecular weight excluding hydrogens is 416 g/mol. The first-order chi connectivity index (χ1) is 16.0. The third kappa shape index (κ3) is 3.91. The standard InChI is InChI=1S/C25H24N6O2/c1-15(2)27-25(32)17-5-3-16(4-6-17)23-24(31-12-11-26-14-22(31)29-23)28-19-8-9-20-18(13-19)7-10-21(20)30-33/h3-6,8-9,11-15,28,33H,7,10H2,1-2H3,(H,27,32). The van der Waals surface area contributed by atoms with Crippen molar-refractivity contribution >= 4 is 28.8 Å². The van der Waals surface area contributed by atoms with Crippen LogP contribution in [-0.4, -0.2) is 37.2 Å². The number of nitrogens with zero attached hydrogens (tertiary/aromatic N) is 4. The molecule has 1 aliphatic rings. The Kier molecular flexibility index (Phi) is 5.26. The molecule has 33 heavy (non-hydrogen) atoms. The zero-order valence-electron chi connectivity index (χ0n) is 18.4. The molecular formula is C25H24N6O2. The van der Waals surface area contributed by atoms with Crippen LogP contribution < -0.4 is 10.6 Å². The molecule has 1 amide bonds. The van der Waals surface area contributed by atoms with E-state index in [0.29, 0.717) is 11.2 Å². The number of hydrogen-bond donors (Lipinski definition) is 3. The van der Waals surface area contributed by atoms with Crippen LogP contribution in [0.4, 0.5) is 11.5 Å². The Morgan fingerprint density at radius 1 is 1.15 bits per heavy atom. The molecule has 8 heteroatoms. The van der Waals surface area contributed by atoms with E-state index in [-0.39, 0.29) is 11.9 Å². The average Bonchev–Trinajstić information content (AvgIpc) is 3.40. The van der Waals surface area contributed by atoms with Crippen LogP contribution in [0.3, 0.4) is 0 Å². The minimum Gasteiger partial charge on any atom is -0.411 e. The maximum atomic E-state index is 12.3. The fourth-order valence-electron chi connectivity index (χ4n) is 4.14. The lowest BCUT2D eigenvalue weighted by Gasteiger charge is -2.11. The van der Waals surface area contributed by atoms with E-state index in [9.17, 15) is 10.0 Å². The van der Waals surface area contributed by atoms with E-state index >= 15 is 0 Å². The van der Waals surface area contributed by atoms with Crippen LogP contribution in [0, 0.1) is 0 Å². The summed E-state index contributed by atoms with van der Waals surface area (Å²) < 4.78 is 1.95. The Balaban J connectivity index is 1.52. The van der Waals surface area contributed by atoms with Gasteiger partial charge in [0.05, 0.1) is 11.9 Å². The van der Waals surface area contributed by atoms with Gasteiger partial charge in [-0.25, -0.2) is 4.98 Å². The second-order valence-electron chi connectivity index (χ2n) is 8.36. The molecule has 4 aromatic rings. The van der Waals surface area contributed by atoms with Gasteiger partial charge in [0, 0.05) is 40.8 Å². The number of imidazole rings is 1. The predicted molar refractivity (Wildman–Crippen MR) is 127 cm³/mol. The molecule has 2 heterocycles. The van der Waals surface area contributed by atoms with Gasteiger partial charge in [0.15, 0.2) is 5.65 Å². The van der Waals surface area contributed by atoms with Gasteiger partial charge in [0.1, 0.15) is 11.5 Å². The maximum Gasteiger partial charge on any atom is 0.251 e. The van der Waals surface area contributed by atoms with Crippen molar-refractivity contribution in [3.63, 3.8) is 0 Å². The van der Waals surface area contributed by atoms with Gasteiger partial charge >= 0.3 is 0 Å². The summed E-state index contributed by atoms with van der Waals surface area (Å²) in [6.07, 6.45) is 6.87. The number of hydrogen-bond acceptors (Lipinski definition) is 6. The predicted octanol–water partition coefficient (Wildman–Crippen LogP) is 4.40. The van der Waals surface area contributed by atoms with Crippen LogP contribution in [0.2, 0.25) is 0 Å². The number of oxime groups is 1.